The van der Waals surface area contributed by atoms with E-state index in [0.717, 1.165) is 32.4 Å². The summed E-state index contributed by atoms with van der Waals surface area (Å²) >= 11 is 0. The smallest absolute Gasteiger partial charge is 0.225 e. The van der Waals surface area contributed by atoms with Gasteiger partial charge in [-0.25, -0.2) is 0 Å². The number of carbonyl (C=O) groups is 1. The molecule has 1 saturated heterocycles. The molecule has 1 fully saturated rings. The zero-order chi connectivity index (χ0) is 15.8. The highest BCUT2D eigenvalue weighted by Crippen LogP contribution is 2.18. The van der Waals surface area contributed by atoms with Crippen LogP contribution in [0.3, 0.4) is 0 Å². The number of hydrogen-bond donors (Lipinski definition) is 1. The molecule has 22 heavy (non-hydrogen) atoms. The fourth-order valence-corrected chi connectivity index (χ4v) is 2.92. The van der Waals surface area contributed by atoms with Crippen molar-refractivity contribution in [1.29, 1.82) is 0 Å². The molecular weight excluding hydrogens is 278 g/mol. The predicted octanol–water partition coefficient (Wildman–Crippen LogP) is 2.26. The van der Waals surface area contributed by atoms with Gasteiger partial charge in [-0.3, -0.25) is 4.79 Å². The van der Waals surface area contributed by atoms with Crippen molar-refractivity contribution in [3.63, 3.8) is 0 Å². The molecule has 2 rings (SSSR count). The molecule has 0 radical (unpaired) electrons. The first-order valence-corrected chi connectivity index (χ1v) is 8.26. The molecule has 1 N–H and O–H groups in total. The van der Waals surface area contributed by atoms with E-state index in [-0.39, 0.29) is 24.5 Å². The lowest BCUT2D eigenvalue weighted by Crippen LogP contribution is -2.43. The summed E-state index contributed by atoms with van der Waals surface area (Å²) in [7, 11) is 0. The van der Waals surface area contributed by atoms with Gasteiger partial charge in [0.1, 0.15) is 0 Å². The Morgan fingerprint density at radius 3 is 2.64 bits per heavy atom. The number of aliphatic hydroxyl groups excluding tert-OH is 1. The summed E-state index contributed by atoms with van der Waals surface area (Å²) < 4.78 is 5.71. The molecule has 0 bridgehead atoms. The van der Waals surface area contributed by atoms with Crippen LogP contribution < -0.4 is 0 Å². The lowest BCUT2D eigenvalue weighted by molar-refractivity contribution is -0.137. The van der Waals surface area contributed by atoms with Crippen molar-refractivity contribution in [2.45, 2.75) is 38.7 Å². The van der Waals surface area contributed by atoms with Crippen LogP contribution in [0.4, 0.5) is 0 Å². The van der Waals surface area contributed by atoms with Gasteiger partial charge in [0.2, 0.25) is 5.91 Å². The number of rotatable bonds is 7. The van der Waals surface area contributed by atoms with Crippen LogP contribution in [0.5, 0.6) is 0 Å². The molecule has 0 aromatic heterocycles. The van der Waals surface area contributed by atoms with Gasteiger partial charge < -0.3 is 14.7 Å². The maximum absolute atomic E-state index is 12.5. The van der Waals surface area contributed by atoms with Crippen molar-refractivity contribution in [3.8, 4) is 0 Å². The molecular formula is C18H27NO3. The van der Waals surface area contributed by atoms with Gasteiger partial charge in [0.05, 0.1) is 6.10 Å². The number of amides is 1. The summed E-state index contributed by atoms with van der Waals surface area (Å²) in [6, 6.07) is 10.2. The summed E-state index contributed by atoms with van der Waals surface area (Å²) in [5, 5.41) is 8.76. The first-order chi connectivity index (χ1) is 10.7. The zero-order valence-electron chi connectivity index (χ0n) is 13.4. The maximum Gasteiger partial charge on any atom is 0.225 e. The summed E-state index contributed by atoms with van der Waals surface area (Å²) in [5.41, 5.74) is 1.21. The number of hydrogen-bond acceptors (Lipinski definition) is 3. The highest BCUT2D eigenvalue weighted by Gasteiger charge is 2.26. The average Bonchev–Trinajstić information content (AvgIpc) is 2.56. The van der Waals surface area contributed by atoms with Crippen LogP contribution in [0.1, 0.15) is 31.7 Å². The molecule has 1 aliphatic heterocycles. The van der Waals surface area contributed by atoms with E-state index in [1.54, 1.807) is 0 Å². The molecule has 1 aromatic carbocycles. The minimum Gasteiger partial charge on any atom is -0.396 e. The van der Waals surface area contributed by atoms with Crippen LogP contribution in [-0.4, -0.2) is 48.3 Å². The van der Waals surface area contributed by atoms with E-state index >= 15 is 0 Å². The Morgan fingerprint density at radius 2 is 2.00 bits per heavy atom. The fourth-order valence-electron chi connectivity index (χ4n) is 2.92. The number of ether oxygens (including phenoxy) is 1. The average molecular weight is 305 g/mol. The van der Waals surface area contributed by atoms with E-state index in [1.165, 1.54) is 5.56 Å². The van der Waals surface area contributed by atoms with Crippen LogP contribution in [0, 0.1) is 5.92 Å². The number of piperidine rings is 1. The minimum absolute atomic E-state index is 0.0225. The SMILES string of the molecule is CC(Cc1ccccc1)C(=O)N1CCC(OCCCO)CC1. The van der Waals surface area contributed by atoms with Gasteiger partial charge in [0, 0.05) is 32.2 Å². The van der Waals surface area contributed by atoms with Crippen molar-refractivity contribution in [1.82, 2.24) is 4.90 Å². The number of carbonyl (C=O) groups excluding carboxylic acids is 1. The molecule has 1 unspecified atom stereocenters. The number of benzene rings is 1. The maximum atomic E-state index is 12.5. The molecule has 1 amide bonds. The number of likely N-dealkylation sites (tertiary alicyclic amines) is 1. The second-order valence-electron chi connectivity index (χ2n) is 6.06. The first-order valence-electron chi connectivity index (χ1n) is 8.26. The normalized spacial score (nSPS) is 17.5. The Labute approximate surface area is 133 Å². The lowest BCUT2D eigenvalue weighted by atomic mass is 9.98. The zero-order valence-corrected chi connectivity index (χ0v) is 13.4. The predicted molar refractivity (Wildman–Crippen MR) is 86.6 cm³/mol. The van der Waals surface area contributed by atoms with Crippen LogP contribution in [0.2, 0.25) is 0 Å². The van der Waals surface area contributed by atoms with Gasteiger partial charge in [0.25, 0.3) is 0 Å². The van der Waals surface area contributed by atoms with Gasteiger partial charge in [-0.15, -0.1) is 0 Å². The molecule has 122 valence electrons. The first kappa shape index (κ1) is 17.0. The molecule has 1 heterocycles. The third-order valence-electron chi connectivity index (χ3n) is 4.22. The molecule has 0 saturated carbocycles. The molecule has 0 aliphatic carbocycles. The largest absolute Gasteiger partial charge is 0.396 e. The summed E-state index contributed by atoms with van der Waals surface area (Å²) in [4.78, 5) is 14.5. The Kier molecular flexibility index (Phi) is 6.87. The van der Waals surface area contributed by atoms with Crippen molar-refractivity contribution in [3.05, 3.63) is 35.9 Å². The quantitative estimate of drug-likeness (QED) is 0.786. The van der Waals surface area contributed by atoms with E-state index in [4.69, 9.17) is 9.84 Å². The van der Waals surface area contributed by atoms with Gasteiger partial charge in [-0.1, -0.05) is 37.3 Å². The van der Waals surface area contributed by atoms with Gasteiger partial charge in [-0.2, -0.15) is 0 Å². The number of nitrogens with zero attached hydrogens (tertiary/aromatic N) is 1. The van der Waals surface area contributed by atoms with Crippen LogP contribution in [0.15, 0.2) is 30.3 Å². The van der Waals surface area contributed by atoms with Gasteiger partial charge in [-0.05, 0) is 31.2 Å². The second kappa shape index (κ2) is 8.91. The summed E-state index contributed by atoms with van der Waals surface area (Å²) in [5.74, 6) is 0.270. The van der Waals surface area contributed by atoms with E-state index in [0.29, 0.717) is 13.0 Å². The van der Waals surface area contributed by atoms with E-state index in [9.17, 15) is 4.79 Å². The Hall–Kier alpha value is -1.39. The molecule has 1 aromatic rings. The second-order valence-corrected chi connectivity index (χ2v) is 6.06. The van der Waals surface area contributed by atoms with Gasteiger partial charge in [0.15, 0.2) is 0 Å². The Bertz CT molecular complexity index is 441. The van der Waals surface area contributed by atoms with Crippen molar-refractivity contribution in [2.75, 3.05) is 26.3 Å². The van der Waals surface area contributed by atoms with E-state index in [1.807, 2.05) is 30.0 Å². The molecule has 1 atom stereocenters. The fraction of sp³-hybridized carbons (Fsp3) is 0.611. The van der Waals surface area contributed by atoms with Crippen LogP contribution in [-0.2, 0) is 16.0 Å². The van der Waals surface area contributed by atoms with E-state index in [2.05, 4.69) is 12.1 Å². The minimum atomic E-state index is 0.0225. The van der Waals surface area contributed by atoms with Crippen molar-refractivity contribution >= 4 is 5.91 Å². The highest BCUT2D eigenvalue weighted by molar-refractivity contribution is 5.78. The molecule has 1 aliphatic rings. The lowest BCUT2D eigenvalue weighted by Gasteiger charge is -2.33. The van der Waals surface area contributed by atoms with Crippen LogP contribution in [0.25, 0.3) is 0 Å². The topological polar surface area (TPSA) is 49.8 Å². The Morgan fingerprint density at radius 1 is 1.32 bits per heavy atom. The summed E-state index contributed by atoms with van der Waals surface area (Å²) in [6.07, 6.45) is 3.52. The molecule has 0 spiro atoms. The number of aliphatic hydroxyl groups is 1. The van der Waals surface area contributed by atoms with Crippen molar-refractivity contribution in [2.24, 2.45) is 5.92 Å². The van der Waals surface area contributed by atoms with E-state index < -0.39 is 0 Å². The summed E-state index contributed by atoms with van der Waals surface area (Å²) in [6.45, 7) is 4.36. The standard InChI is InChI=1S/C18H27NO3/c1-15(14-16-6-3-2-4-7-16)18(21)19-10-8-17(9-11-19)22-13-5-12-20/h2-4,6-7,15,17,20H,5,8-14H2,1H3. The van der Waals surface area contributed by atoms with Crippen LogP contribution >= 0.6 is 0 Å². The molecule has 4 nitrogen and oxygen atoms in total. The van der Waals surface area contributed by atoms with Gasteiger partial charge >= 0.3 is 0 Å². The highest BCUT2D eigenvalue weighted by atomic mass is 16.5. The molecule has 4 heteroatoms. The van der Waals surface area contributed by atoms with Crippen molar-refractivity contribution < 1.29 is 14.6 Å². The monoisotopic (exact) mass is 305 g/mol. The Balaban J connectivity index is 1.74. The third kappa shape index (κ3) is 5.11. The third-order valence-corrected chi connectivity index (χ3v) is 4.22.